The number of hydrogen-bond donors (Lipinski definition) is 0. The van der Waals surface area contributed by atoms with Gasteiger partial charge in [0.15, 0.2) is 5.58 Å². The molecule has 11 rings (SSSR count). The molecule has 1 aliphatic carbocycles. The molecule has 0 unspecified atom stereocenters. The molecule has 0 saturated heterocycles. The number of nitrogens with zero attached hydrogens (tertiary/aromatic N) is 3. The lowest BCUT2D eigenvalue weighted by Crippen LogP contribution is -2.17. The van der Waals surface area contributed by atoms with Gasteiger partial charge in [0.25, 0.3) is 0 Å². The second-order valence-corrected chi connectivity index (χ2v) is 16.2. The molecule has 0 N–H and O–H groups in total. The van der Waals surface area contributed by atoms with Crippen LogP contribution in [0.5, 0.6) is 0 Å². The summed E-state index contributed by atoms with van der Waals surface area (Å²) in [6.07, 6.45) is 0. The standard InChI is InChI=1S/C52H37N3OS/c1-52(2)43-26-14-12-23-39(43)40-30-29-37(31-44(40)52)54(35-19-8-4-9-20-35)46-32-38(33-47-49(46)53-51(56-47)34-17-6-3-7-18-34)55(36-21-10-5-11-22-36)45-27-16-25-42-41-24-13-15-28-48(41)57-50(42)45/h3-33H,1-2H3. The molecular formula is C52H37N3OS. The SMILES string of the molecule is CC1(C)c2ccccc2-c2ccc(N(c3ccccc3)c3cc(N(c4ccccc4)c4cccc5c4sc4ccccc45)cc4oc(-c5ccccc5)nc34)cc21. The Morgan fingerprint density at radius 3 is 1.89 bits per heavy atom. The highest BCUT2D eigenvalue weighted by atomic mass is 32.1. The van der Waals surface area contributed by atoms with E-state index in [1.54, 1.807) is 0 Å². The number of rotatable bonds is 7. The molecule has 272 valence electrons. The molecule has 10 aromatic rings. The Labute approximate surface area is 335 Å². The van der Waals surface area contributed by atoms with Gasteiger partial charge in [0.2, 0.25) is 5.89 Å². The van der Waals surface area contributed by atoms with Crippen LogP contribution >= 0.6 is 11.3 Å². The number of para-hydroxylation sites is 2. The van der Waals surface area contributed by atoms with Gasteiger partial charge in [0.1, 0.15) is 5.52 Å². The molecule has 0 fully saturated rings. The van der Waals surface area contributed by atoms with Crippen molar-refractivity contribution >= 4 is 76.7 Å². The van der Waals surface area contributed by atoms with E-state index in [4.69, 9.17) is 9.40 Å². The van der Waals surface area contributed by atoms with Crippen LogP contribution in [0.15, 0.2) is 192 Å². The summed E-state index contributed by atoms with van der Waals surface area (Å²) in [7, 11) is 0. The van der Waals surface area contributed by atoms with Crippen molar-refractivity contribution in [2.45, 2.75) is 19.3 Å². The number of thiophene rings is 1. The van der Waals surface area contributed by atoms with Crippen molar-refractivity contribution in [3.05, 3.63) is 199 Å². The minimum Gasteiger partial charge on any atom is -0.436 e. The molecular weight excluding hydrogens is 715 g/mol. The van der Waals surface area contributed by atoms with Crippen LogP contribution in [0.1, 0.15) is 25.0 Å². The van der Waals surface area contributed by atoms with Gasteiger partial charge in [-0.05, 0) is 89.0 Å². The van der Waals surface area contributed by atoms with Crippen LogP contribution in [0.3, 0.4) is 0 Å². The molecule has 4 nitrogen and oxygen atoms in total. The number of hydrogen-bond acceptors (Lipinski definition) is 5. The van der Waals surface area contributed by atoms with Gasteiger partial charge in [-0.3, -0.25) is 0 Å². The molecule has 0 amide bonds. The summed E-state index contributed by atoms with van der Waals surface area (Å²) >= 11 is 1.83. The third-order valence-corrected chi connectivity index (χ3v) is 12.7. The van der Waals surface area contributed by atoms with Gasteiger partial charge in [-0.1, -0.05) is 129 Å². The first-order valence-corrected chi connectivity index (χ1v) is 20.2. The van der Waals surface area contributed by atoms with Crippen molar-refractivity contribution < 1.29 is 4.42 Å². The Morgan fingerprint density at radius 2 is 1.12 bits per heavy atom. The molecule has 0 atom stereocenters. The fourth-order valence-corrected chi connectivity index (χ4v) is 9.96. The van der Waals surface area contributed by atoms with Gasteiger partial charge in [-0.15, -0.1) is 11.3 Å². The molecule has 1 aliphatic rings. The minimum absolute atomic E-state index is 0.164. The molecule has 0 bridgehead atoms. The summed E-state index contributed by atoms with van der Waals surface area (Å²) < 4.78 is 9.30. The zero-order valence-corrected chi connectivity index (χ0v) is 32.4. The van der Waals surface area contributed by atoms with E-state index in [0.717, 1.165) is 45.2 Å². The van der Waals surface area contributed by atoms with E-state index < -0.39 is 0 Å². The zero-order chi connectivity index (χ0) is 38.1. The third-order valence-electron chi connectivity index (χ3n) is 11.5. The van der Waals surface area contributed by atoms with Crippen molar-refractivity contribution in [1.82, 2.24) is 4.98 Å². The summed E-state index contributed by atoms with van der Waals surface area (Å²) in [5, 5.41) is 2.51. The average molecular weight is 752 g/mol. The number of benzene rings is 8. The topological polar surface area (TPSA) is 32.5 Å². The molecule has 2 heterocycles. The average Bonchev–Trinajstić information content (AvgIpc) is 3.93. The molecule has 5 heteroatoms. The highest BCUT2D eigenvalue weighted by Crippen LogP contribution is 2.52. The van der Waals surface area contributed by atoms with E-state index in [0.29, 0.717) is 11.5 Å². The summed E-state index contributed by atoms with van der Waals surface area (Å²) in [6.45, 7) is 4.67. The Balaban J connectivity index is 1.20. The van der Waals surface area contributed by atoms with Gasteiger partial charge in [0, 0.05) is 49.6 Å². The Hall–Kier alpha value is -6.95. The van der Waals surface area contributed by atoms with Gasteiger partial charge in [-0.2, -0.15) is 0 Å². The van der Waals surface area contributed by atoms with Gasteiger partial charge in [-0.25, -0.2) is 4.98 Å². The fourth-order valence-electron chi connectivity index (χ4n) is 8.75. The summed E-state index contributed by atoms with van der Waals surface area (Å²) in [5.41, 5.74) is 13.7. The largest absolute Gasteiger partial charge is 0.436 e. The Bertz CT molecular complexity index is 3110. The van der Waals surface area contributed by atoms with Crippen molar-refractivity contribution in [1.29, 1.82) is 0 Å². The van der Waals surface area contributed by atoms with E-state index in [2.05, 4.69) is 194 Å². The second-order valence-electron chi connectivity index (χ2n) is 15.2. The van der Waals surface area contributed by atoms with E-state index >= 15 is 0 Å². The van der Waals surface area contributed by atoms with Crippen molar-refractivity contribution in [2.24, 2.45) is 0 Å². The number of anilines is 6. The Kier molecular flexibility index (Phi) is 7.66. The van der Waals surface area contributed by atoms with E-state index in [1.807, 2.05) is 29.5 Å². The smallest absolute Gasteiger partial charge is 0.227 e. The third kappa shape index (κ3) is 5.38. The van der Waals surface area contributed by atoms with Gasteiger partial charge >= 0.3 is 0 Å². The van der Waals surface area contributed by atoms with Crippen LogP contribution in [0, 0.1) is 0 Å². The van der Waals surface area contributed by atoms with Gasteiger partial charge < -0.3 is 14.2 Å². The molecule has 0 aliphatic heterocycles. The number of aromatic nitrogens is 1. The number of oxazole rings is 1. The zero-order valence-electron chi connectivity index (χ0n) is 31.6. The van der Waals surface area contributed by atoms with Crippen LogP contribution in [0.25, 0.3) is 53.9 Å². The first-order valence-electron chi connectivity index (χ1n) is 19.4. The highest BCUT2D eigenvalue weighted by Gasteiger charge is 2.36. The fraction of sp³-hybridized carbons (Fsp3) is 0.0577. The molecule has 8 aromatic carbocycles. The van der Waals surface area contributed by atoms with Crippen LogP contribution in [-0.2, 0) is 5.41 Å². The summed E-state index contributed by atoms with van der Waals surface area (Å²) in [6, 6.07) is 67.0. The van der Waals surface area contributed by atoms with E-state index in [1.165, 1.54) is 42.4 Å². The lowest BCUT2D eigenvalue weighted by atomic mass is 9.82. The maximum Gasteiger partial charge on any atom is 0.227 e. The Morgan fingerprint density at radius 1 is 0.491 bits per heavy atom. The lowest BCUT2D eigenvalue weighted by molar-refractivity contribution is 0.620. The van der Waals surface area contributed by atoms with Crippen LogP contribution in [0.4, 0.5) is 34.1 Å². The summed E-state index contributed by atoms with van der Waals surface area (Å²) in [4.78, 5) is 10.0. The van der Waals surface area contributed by atoms with E-state index in [-0.39, 0.29) is 5.41 Å². The second kappa shape index (κ2) is 13.1. The molecule has 0 radical (unpaired) electrons. The quantitative estimate of drug-likeness (QED) is 0.162. The maximum absolute atomic E-state index is 6.80. The molecule has 0 spiro atoms. The van der Waals surface area contributed by atoms with Gasteiger partial charge in [0.05, 0.1) is 21.8 Å². The van der Waals surface area contributed by atoms with Crippen molar-refractivity contribution in [3.8, 4) is 22.6 Å². The van der Waals surface area contributed by atoms with Crippen molar-refractivity contribution in [2.75, 3.05) is 9.80 Å². The predicted molar refractivity (Wildman–Crippen MR) is 239 cm³/mol. The van der Waals surface area contributed by atoms with Crippen LogP contribution in [-0.4, -0.2) is 4.98 Å². The van der Waals surface area contributed by atoms with Crippen LogP contribution in [0.2, 0.25) is 0 Å². The molecule has 2 aromatic heterocycles. The lowest BCUT2D eigenvalue weighted by Gasteiger charge is -2.30. The van der Waals surface area contributed by atoms with E-state index in [9.17, 15) is 0 Å². The minimum atomic E-state index is -0.164. The maximum atomic E-state index is 6.80. The predicted octanol–water partition coefficient (Wildman–Crippen LogP) is 15.1. The normalized spacial score (nSPS) is 12.9. The molecule has 57 heavy (non-hydrogen) atoms. The number of fused-ring (bicyclic) bond motifs is 7. The highest BCUT2D eigenvalue weighted by molar-refractivity contribution is 7.26. The molecule has 0 saturated carbocycles. The monoisotopic (exact) mass is 751 g/mol. The van der Waals surface area contributed by atoms with Crippen LogP contribution < -0.4 is 9.80 Å². The first kappa shape index (κ1) is 33.4. The van der Waals surface area contributed by atoms with Crippen molar-refractivity contribution in [3.63, 3.8) is 0 Å². The first-order chi connectivity index (χ1) is 28.0. The summed E-state index contributed by atoms with van der Waals surface area (Å²) in [5.74, 6) is 0.584.